The van der Waals surface area contributed by atoms with Crippen LogP contribution in [0.2, 0.25) is 0 Å². The lowest BCUT2D eigenvalue weighted by Gasteiger charge is -2.31. The van der Waals surface area contributed by atoms with Crippen molar-refractivity contribution in [1.82, 2.24) is 9.80 Å². The summed E-state index contributed by atoms with van der Waals surface area (Å²) in [7, 11) is 2.11. The summed E-state index contributed by atoms with van der Waals surface area (Å²) in [6, 6.07) is 7.26. The van der Waals surface area contributed by atoms with Crippen LogP contribution in [0, 0.1) is 12.3 Å². The number of likely N-dealkylation sites (N-methyl/N-ethyl adjacent to an activating group) is 1. The van der Waals surface area contributed by atoms with E-state index in [1.807, 2.05) is 24.3 Å². The number of nitrogens with zero attached hydrogens (tertiary/aromatic N) is 2. The average molecular weight is 242 g/mol. The Morgan fingerprint density at radius 2 is 1.83 bits per heavy atom. The maximum absolute atomic E-state index is 12.1. The van der Waals surface area contributed by atoms with Crippen LogP contribution in [0.4, 0.5) is 0 Å². The molecule has 2 rings (SSSR count). The summed E-state index contributed by atoms with van der Waals surface area (Å²) in [5, 5.41) is 0. The van der Waals surface area contributed by atoms with E-state index in [2.05, 4.69) is 22.8 Å². The summed E-state index contributed by atoms with van der Waals surface area (Å²) in [6.07, 6.45) is 5.29. The molecule has 0 amide bonds. The molecule has 1 aromatic rings. The molecule has 0 unspecified atom stereocenters. The van der Waals surface area contributed by atoms with Gasteiger partial charge in [-0.25, -0.2) is 0 Å². The lowest BCUT2D eigenvalue weighted by molar-refractivity contribution is 0.0876. The van der Waals surface area contributed by atoms with Gasteiger partial charge in [0.05, 0.1) is 6.54 Å². The number of piperazine rings is 1. The van der Waals surface area contributed by atoms with Gasteiger partial charge in [0.15, 0.2) is 5.78 Å². The Balaban J connectivity index is 1.93. The largest absolute Gasteiger partial charge is 0.304 e. The molecule has 0 spiro atoms. The Hall–Kier alpha value is -1.63. The van der Waals surface area contributed by atoms with Gasteiger partial charge in [-0.3, -0.25) is 9.69 Å². The molecule has 0 aromatic heterocycles. The molecule has 18 heavy (non-hydrogen) atoms. The van der Waals surface area contributed by atoms with Crippen LogP contribution >= 0.6 is 0 Å². The van der Waals surface area contributed by atoms with Crippen LogP contribution < -0.4 is 0 Å². The predicted octanol–water partition coefficient (Wildman–Crippen LogP) is 1.10. The van der Waals surface area contributed by atoms with Crippen molar-refractivity contribution in [2.75, 3.05) is 39.8 Å². The molecule has 1 aliphatic rings. The third kappa shape index (κ3) is 3.19. The number of carbonyl (C=O) groups is 1. The number of Topliss-reactive ketones (excluding diaryl/α,β-unsaturated/α-hetero) is 1. The molecule has 1 heterocycles. The van der Waals surface area contributed by atoms with Gasteiger partial charge in [0.2, 0.25) is 0 Å². The summed E-state index contributed by atoms with van der Waals surface area (Å²) < 4.78 is 0. The number of hydrogen-bond donors (Lipinski definition) is 0. The van der Waals surface area contributed by atoms with Crippen molar-refractivity contribution in [2.45, 2.75) is 0 Å². The van der Waals surface area contributed by atoms with E-state index < -0.39 is 0 Å². The maximum Gasteiger partial charge on any atom is 0.176 e. The molecule has 0 atom stereocenters. The fourth-order valence-electron chi connectivity index (χ4n) is 2.05. The minimum Gasteiger partial charge on any atom is -0.304 e. The van der Waals surface area contributed by atoms with Gasteiger partial charge >= 0.3 is 0 Å². The third-order valence-corrected chi connectivity index (χ3v) is 3.34. The maximum atomic E-state index is 12.1. The zero-order chi connectivity index (χ0) is 13.0. The summed E-state index contributed by atoms with van der Waals surface area (Å²) in [5.74, 6) is 2.72. The van der Waals surface area contributed by atoms with Crippen molar-refractivity contribution < 1.29 is 4.79 Å². The van der Waals surface area contributed by atoms with Crippen molar-refractivity contribution in [2.24, 2.45) is 0 Å². The van der Waals surface area contributed by atoms with Crippen LogP contribution in [-0.4, -0.2) is 55.4 Å². The zero-order valence-corrected chi connectivity index (χ0v) is 10.7. The summed E-state index contributed by atoms with van der Waals surface area (Å²) in [6.45, 7) is 4.49. The van der Waals surface area contributed by atoms with Gasteiger partial charge in [-0.05, 0) is 19.2 Å². The first-order valence-electron chi connectivity index (χ1n) is 6.20. The molecular formula is C15H18N2O. The minimum atomic E-state index is 0.170. The molecule has 0 aliphatic carbocycles. The molecule has 1 aliphatic heterocycles. The van der Waals surface area contributed by atoms with Crippen molar-refractivity contribution >= 4 is 5.78 Å². The van der Waals surface area contributed by atoms with E-state index in [0.29, 0.717) is 6.54 Å². The highest BCUT2D eigenvalue weighted by Gasteiger charge is 2.17. The Labute approximate surface area is 108 Å². The summed E-state index contributed by atoms with van der Waals surface area (Å²) >= 11 is 0. The lowest BCUT2D eigenvalue weighted by atomic mass is 10.1. The highest BCUT2D eigenvalue weighted by atomic mass is 16.1. The second-order valence-electron chi connectivity index (χ2n) is 4.72. The second-order valence-corrected chi connectivity index (χ2v) is 4.72. The molecule has 0 bridgehead atoms. The van der Waals surface area contributed by atoms with Crippen LogP contribution in [-0.2, 0) is 0 Å². The van der Waals surface area contributed by atoms with Crippen LogP contribution in [0.25, 0.3) is 0 Å². The van der Waals surface area contributed by atoms with E-state index in [0.717, 1.165) is 37.3 Å². The average Bonchev–Trinajstić information content (AvgIpc) is 2.41. The Morgan fingerprint density at radius 1 is 1.22 bits per heavy atom. The predicted molar refractivity (Wildman–Crippen MR) is 72.6 cm³/mol. The van der Waals surface area contributed by atoms with Gasteiger partial charge in [-0.15, -0.1) is 6.42 Å². The highest BCUT2D eigenvalue weighted by Crippen LogP contribution is 2.07. The highest BCUT2D eigenvalue weighted by molar-refractivity contribution is 5.97. The summed E-state index contributed by atoms with van der Waals surface area (Å²) in [4.78, 5) is 16.6. The monoisotopic (exact) mass is 242 g/mol. The molecule has 1 fully saturated rings. The number of terminal acetylenes is 1. The lowest BCUT2D eigenvalue weighted by Crippen LogP contribution is -2.46. The Bertz CT molecular complexity index is 450. The first kappa shape index (κ1) is 12.8. The Kier molecular flexibility index (Phi) is 4.14. The van der Waals surface area contributed by atoms with Gasteiger partial charge < -0.3 is 4.90 Å². The van der Waals surface area contributed by atoms with Crippen LogP contribution in [0.15, 0.2) is 24.3 Å². The van der Waals surface area contributed by atoms with Crippen molar-refractivity contribution in [1.29, 1.82) is 0 Å². The zero-order valence-electron chi connectivity index (χ0n) is 10.7. The number of carbonyl (C=O) groups excluding carboxylic acids is 1. The van der Waals surface area contributed by atoms with E-state index in [1.165, 1.54) is 0 Å². The molecular weight excluding hydrogens is 224 g/mol. The van der Waals surface area contributed by atoms with Crippen molar-refractivity contribution in [3.8, 4) is 12.3 Å². The molecule has 0 saturated carbocycles. The fourth-order valence-corrected chi connectivity index (χ4v) is 2.05. The third-order valence-electron chi connectivity index (χ3n) is 3.34. The van der Waals surface area contributed by atoms with Gasteiger partial charge in [0.25, 0.3) is 0 Å². The first-order valence-corrected chi connectivity index (χ1v) is 6.20. The van der Waals surface area contributed by atoms with E-state index in [9.17, 15) is 4.79 Å². The number of benzene rings is 1. The van der Waals surface area contributed by atoms with Gasteiger partial charge in [-0.2, -0.15) is 0 Å². The van der Waals surface area contributed by atoms with E-state index >= 15 is 0 Å². The summed E-state index contributed by atoms with van der Waals surface area (Å²) in [5.41, 5.74) is 1.55. The molecule has 94 valence electrons. The van der Waals surface area contributed by atoms with E-state index in [-0.39, 0.29) is 5.78 Å². The van der Waals surface area contributed by atoms with Gasteiger partial charge in [0, 0.05) is 37.3 Å². The molecule has 3 heteroatoms. The SMILES string of the molecule is C#Cc1ccc(C(=O)CN2CCN(C)CC2)cc1. The number of rotatable bonds is 3. The molecule has 3 nitrogen and oxygen atoms in total. The van der Waals surface area contributed by atoms with Crippen molar-refractivity contribution in [3.63, 3.8) is 0 Å². The first-order chi connectivity index (χ1) is 8.69. The van der Waals surface area contributed by atoms with Crippen LogP contribution in [0.1, 0.15) is 15.9 Å². The molecule has 1 aromatic carbocycles. The van der Waals surface area contributed by atoms with Crippen LogP contribution in [0.5, 0.6) is 0 Å². The standard InChI is InChI=1S/C15H18N2O/c1-3-13-4-6-14(7-5-13)15(18)12-17-10-8-16(2)9-11-17/h1,4-7H,8-12H2,2H3. The smallest absolute Gasteiger partial charge is 0.176 e. The van der Waals surface area contributed by atoms with E-state index in [4.69, 9.17) is 6.42 Å². The van der Waals surface area contributed by atoms with Crippen molar-refractivity contribution in [3.05, 3.63) is 35.4 Å². The molecule has 0 N–H and O–H groups in total. The van der Waals surface area contributed by atoms with Gasteiger partial charge in [0.1, 0.15) is 0 Å². The normalized spacial score (nSPS) is 17.3. The van der Waals surface area contributed by atoms with Crippen LogP contribution in [0.3, 0.4) is 0 Å². The quantitative estimate of drug-likeness (QED) is 0.586. The second kappa shape index (κ2) is 5.81. The topological polar surface area (TPSA) is 23.6 Å². The molecule has 1 saturated heterocycles. The number of ketones is 1. The molecule has 0 radical (unpaired) electrons. The van der Waals surface area contributed by atoms with Gasteiger partial charge in [-0.1, -0.05) is 18.1 Å². The number of hydrogen-bond acceptors (Lipinski definition) is 3. The van der Waals surface area contributed by atoms with E-state index in [1.54, 1.807) is 0 Å². The fraction of sp³-hybridized carbons (Fsp3) is 0.400. The minimum absolute atomic E-state index is 0.170. The Morgan fingerprint density at radius 3 is 2.39 bits per heavy atom.